The molecule has 1 rings (SSSR count). The van der Waals surface area contributed by atoms with Crippen molar-refractivity contribution in [3.63, 3.8) is 0 Å². The van der Waals surface area contributed by atoms with E-state index < -0.39 is 25.8 Å². The van der Waals surface area contributed by atoms with Gasteiger partial charge < -0.3 is 9.47 Å². The van der Waals surface area contributed by atoms with Gasteiger partial charge in [-0.3, -0.25) is 4.58 Å². The van der Waals surface area contributed by atoms with Crippen LogP contribution >= 0.6 is 0 Å². The summed E-state index contributed by atoms with van der Waals surface area (Å²) >= 11 is 0. The third kappa shape index (κ3) is 6.17. The normalized spacial score (nSPS) is 13.6. The molecule has 1 unspecified atom stereocenters. The molecule has 0 spiro atoms. The van der Waals surface area contributed by atoms with Crippen LogP contribution in [0.15, 0.2) is 24.3 Å². The highest BCUT2D eigenvalue weighted by Gasteiger charge is 2.36. The first-order valence-corrected chi connectivity index (χ1v) is 10.6. The molecule has 6 heteroatoms. The summed E-state index contributed by atoms with van der Waals surface area (Å²) in [6.07, 6.45) is -0.804. The Balaban J connectivity index is 2.78. The van der Waals surface area contributed by atoms with Gasteiger partial charge in [0.05, 0.1) is 7.11 Å². The third-order valence-electron chi connectivity index (χ3n) is 2.67. The van der Waals surface area contributed by atoms with E-state index in [2.05, 4.69) is 0 Å². The summed E-state index contributed by atoms with van der Waals surface area (Å²) in [7, 11) is -0.314. The predicted octanol–water partition coefficient (Wildman–Crippen LogP) is 3.80. The molecule has 0 N–H and O–H groups in total. The van der Waals surface area contributed by atoms with Crippen molar-refractivity contribution >= 4 is 14.3 Å². The second-order valence-electron chi connectivity index (χ2n) is 7.13. The van der Waals surface area contributed by atoms with Gasteiger partial charge in [0.1, 0.15) is 11.5 Å². The molecule has 0 aliphatic rings. The van der Waals surface area contributed by atoms with Crippen LogP contribution in [0.2, 0.25) is 19.6 Å². The molecule has 0 saturated carbocycles. The zero-order valence-electron chi connectivity index (χ0n) is 14.4. The number of rotatable bonds is 6. The first-order chi connectivity index (χ1) is 10.0. The molecule has 1 aromatic rings. The highest BCUT2D eigenvalue weighted by Crippen LogP contribution is 2.26. The summed E-state index contributed by atoms with van der Waals surface area (Å²) in [6, 6.07) is 6.81. The van der Waals surface area contributed by atoms with E-state index in [1.54, 1.807) is 31.4 Å². The van der Waals surface area contributed by atoms with Gasteiger partial charge in [0.15, 0.2) is 6.10 Å². The van der Waals surface area contributed by atoms with Crippen LogP contribution in [0.4, 0.5) is 0 Å². The fraction of sp³-hybridized carbons (Fsp3) is 0.562. The van der Waals surface area contributed by atoms with Gasteiger partial charge in [0.2, 0.25) is 8.32 Å². The van der Waals surface area contributed by atoms with Crippen molar-refractivity contribution in [1.82, 2.24) is 0 Å². The molecule has 5 nitrogen and oxygen atoms in total. The van der Waals surface area contributed by atoms with Gasteiger partial charge in [0.25, 0.3) is 0 Å². The van der Waals surface area contributed by atoms with Crippen LogP contribution in [0.25, 0.3) is 0 Å². The Morgan fingerprint density at radius 1 is 1.05 bits per heavy atom. The second-order valence-corrected chi connectivity index (χ2v) is 11.5. The average molecular weight is 326 g/mol. The van der Waals surface area contributed by atoms with E-state index in [0.29, 0.717) is 11.5 Å². The van der Waals surface area contributed by atoms with E-state index in [1.807, 2.05) is 40.4 Å². The molecule has 0 aliphatic carbocycles. The molecule has 1 atom stereocenters. The second kappa shape index (κ2) is 7.26. The van der Waals surface area contributed by atoms with Crippen molar-refractivity contribution in [2.45, 2.75) is 46.5 Å². The monoisotopic (exact) mass is 326 g/mol. The molecular formula is C16H26O5Si. The Bertz CT molecular complexity index is 485. The van der Waals surface area contributed by atoms with Crippen LogP contribution in [0.5, 0.6) is 11.5 Å². The van der Waals surface area contributed by atoms with E-state index in [9.17, 15) is 4.79 Å². The number of methoxy groups -OCH3 is 1. The fourth-order valence-corrected chi connectivity index (χ4v) is 1.93. The molecule has 0 aliphatic heterocycles. The molecule has 0 amide bonds. The zero-order valence-corrected chi connectivity index (χ0v) is 15.4. The quantitative estimate of drug-likeness (QED) is 0.262. The van der Waals surface area contributed by atoms with Crippen molar-refractivity contribution in [2.75, 3.05) is 7.11 Å². The maximum absolute atomic E-state index is 12.4. The summed E-state index contributed by atoms with van der Waals surface area (Å²) in [4.78, 5) is 17.8. The Morgan fingerprint density at radius 2 is 1.55 bits per heavy atom. The predicted molar refractivity (Wildman–Crippen MR) is 87.4 cm³/mol. The maximum Gasteiger partial charge on any atom is 0.344 e. The minimum Gasteiger partial charge on any atom is -0.497 e. The zero-order chi connectivity index (χ0) is 17.0. The van der Waals surface area contributed by atoms with Crippen molar-refractivity contribution < 1.29 is 23.7 Å². The number of esters is 1. The number of ether oxygens (including phenoxy) is 2. The molecule has 0 bridgehead atoms. The van der Waals surface area contributed by atoms with Gasteiger partial charge in [0, 0.05) is 5.41 Å². The van der Waals surface area contributed by atoms with Gasteiger partial charge in [-0.05, 0) is 43.9 Å². The first kappa shape index (κ1) is 18.7. The van der Waals surface area contributed by atoms with Crippen LogP contribution in [-0.4, -0.2) is 27.5 Å². The SMILES string of the molecule is COc1ccc(OC(=O)C(OO[Si](C)(C)C)C(C)(C)C)cc1. The van der Waals surface area contributed by atoms with E-state index in [4.69, 9.17) is 18.9 Å². The Labute approximate surface area is 133 Å². The smallest absolute Gasteiger partial charge is 0.344 e. The molecular weight excluding hydrogens is 300 g/mol. The number of benzene rings is 1. The molecule has 1 aromatic carbocycles. The Kier molecular flexibility index (Phi) is 6.16. The molecule has 0 heterocycles. The molecule has 124 valence electrons. The van der Waals surface area contributed by atoms with Crippen molar-refractivity contribution in [3.8, 4) is 11.5 Å². The van der Waals surface area contributed by atoms with Crippen LogP contribution in [0.1, 0.15) is 20.8 Å². The van der Waals surface area contributed by atoms with Crippen LogP contribution in [0.3, 0.4) is 0 Å². The number of hydrogen-bond donors (Lipinski definition) is 0. The number of hydrogen-bond acceptors (Lipinski definition) is 5. The molecule has 0 fully saturated rings. The minimum absolute atomic E-state index is 0.441. The van der Waals surface area contributed by atoms with E-state index in [1.165, 1.54) is 0 Å². The van der Waals surface area contributed by atoms with E-state index in [0.717, 1.165) is 0 Å². The van der Waals surface area contributed by atoms with Crippen LogP contribution < -0.4 is 9.47 Å². The Hall–Kier alpha value is -1.37. The molecule has 0 aromatic heterocycles. The van der Waals surface area contributed by atoms with Gasteiger partial charge in [-0.2, -0.15) is 0 Å². The number of carbonyl (C=O) groups is 1. The first-order valence-electron chi connectivity index (χ1n) is 7.23. The van der Waals surface area contributed by atoms with Crippen LogP contribution in [-0.2, 0) is 14.3 Å². The summed E-state index contributed by atoms with van der Waals surface area (Å²) in [5.74, 6) is 0.665. The number of carbonyl (C=O) groups excluding carboxylic acids is 1. The lowest BCUT2D eigenvalue weighted by molar-refractivity contribution is -0.274. The van der Waals surface area contributed by atoms with Gasteiger partial charge in [-0.15, -0.1) is 0 Å². The lowest BCUT2D eigenvalue weighted by Crippen LogP contribution is -2.42. The molecule has 0 saturated heterocycles. The molecule has 0 radical (unpaired) electrons. The van der Waals surface area contributed by atoms with E-state index in [-0.39, 0.29) is 0 Å². The lowest BCUT2D eigenvalue weighted by Gasteiger charge is -2.29. The van der Waals surface area contributed by atoms with Crippen LogP contribution in [0, 0.1) is 5.41 Å². The Morgan fingerprint density at radius 3 is 1.95 bits per heavy atom. The maximum atomic E-state index is 12.4. The topological polar surface area (TPSA) is 54.0 Å². The van der Waals surface area contributed by atoms with Crippen molar-refractivity contribution in [1.29, 1.82) is 0 Å². The summed E-state index contributed by atoms with van der Waals surface area (Å²) in [5.41, 5.74) is -0.441. The highest BCUT2D eigenvalue weighted by atomic mass is 28.4. The van der Waals surface area contributed by atoms with Gasteiger partial charge in [-0.25, -0.2) is 9.68 Å². The standard InChI is InChI=1S/C16H26O5Si/c1-16(2,3)14(20-21-22(5,6)7)15(17)19-13-10-8-12(18-4)9-11-13/h8-11,14H,1-7H3. The fourth-order valence-electron chi connectivity index (χ4n) is 1.54. The minimum atomic E-state index is -1.90. The van der Waals surface area contributed by atoms with E-state index >= 15 is 0 Å². The largest absolute Gasteiger partial charge is 0.497 e. The highest BCUT2D eigenvalue weighted by molar-refractivity contribution is 6.69. The van der Waals surface area contributed by atoms with Gasteiger partial charge in [-0.1, -0.05) is 20.8 Å². The third-order valence-corrected chi connectivity index (χ3v) is 3.27. The summed E-state index contributed by atoms with van der Waals surface area (Å²) < 4.78 is 15.9. The molecule has 22 heavy (non-hydrogen) atoms. The average Bonchev–Trinajstić information content (AvgIpc) is 2.36. The van der Waals surface area contributed by atoms with Crippen molar-refractivity contribution in [2.24, 2.45) is 5.41 Å². The van der Waals surface area contributed by atoms with Gasteiger partial charge >= 0.3 is 5.97 Å². The summed E-state index contributed by atoms with van der Waals surface area (Å²) in [6.45, 7) is 11.7. The summed E-state index contributed by atoms with van der Waals surface area (Å²) in [5, 5.41) is 0. The lowest BCUT2D eigenvalue weighted by atomic mass is 9.89. The van der Waals surface area contributed by atoms with Crippen molar-refractivity contribution in [3.05, 3.63) is 24.3 Å².